The number of cyclic esters (lactones) is 2. The highest BCUT2D eigenvalue weighted by Gasteiger charge is 2.34. The van der Waals surface area contributed by atoms with E-state index < -0.39 is 23.0 Å². The summed E-state index contributed by atoms with van der Waals surface area (Å²) < 4.78 is 21.1. The van der Waals surface area contributed by atoms with Crippen LogP contribution >= 0.6 is 0 Å². The predicted molar refractivity (Wildman–Crippen MR) is 75.0 cm³/mol. The molecule has 0 amide bonds. The summed E-state index contributed by atoms with van der Waals surface area (Å²) >= 11 is -1.72. The van der Waals surface area contributed by atoms with Crippen LogP contribution in [0, 0.1) is 6.92 Å². The molecule has 0 saturated carbocycles. The Morgan fingerprint density at radius 1 is 1.24 bits per heavy atom. The Kier molecular flexibility index (Phi) is 3.14. The monoisotopic (exact) mass is 301 g/mol. The third-order valence-electron chi connectivity index (χ3n) is 3.21. The van der Waals surface area contributed by atoms with Gasteiger partial charge in [0.25, 0.3) is 0 Å². The van der Waals surface area contributed by atoms with Crippen molar-refractivity contribution in [2.75, 3.05) is 7.11 Å². The summed E-state index contributed by atoms with van der Waals surface area (Å²) in [5.41, 5.74) is 1.18. The Hall–Kier alpha value is -2.06. The van der Waals surface area contributed by atoms with E-state index >= 15 is 0 Å². The van der Waals surface area contributed by atoms with Gasteiger partial charge < -0.3 is 4.74 Å². The van der Waals surface area contributed by atoms with Crippen LogP contribution in [0.25, 0.3) is 10.9 Å². The van der Waals surface area contributed by atoms with E-state index in [4.69, 9.17) is 12.0 Å². The number of esters is 2. The van der Waals surface area contributed by atoms with Gasteiger partial charge in [-0.2, -0.15) is 0 Å². The normalized spacial score (nSPS) is 15.1. The standard InChI is InChI=1S/C13H8BNO5S/c1-5-9-10(13(17)20-12(9)16)7-3-6(21(18)19-2)4-8(14)11(7)15-5/h3-4H,1-2H3. The molecule has 1 unspecified atom stereocenters. The average molecular weight is 301 g/mol. The molecule has 0 bridgehead atoms. The Balaban J connectivity index is 2.44. The number of carbonyl (C=O) groups is 2. The largest absolute Gasteiger partial charge is 0.386 e. The van der Waals surface area contributed by atoms with Gasteiger partial charge in [0.15, 0.2) is 11.1 Å². The summed E-state index contributed by atoms with van der Waals surface area (Å²) in [7, 11) is 7.19. The van der Waals surface area contributed by atoms with Gasteiger partial charge >= 0.3 is 11.9 Å². The number of hydrogen-bond donors (Lipinski definition) is 0. The molecular formula is C13H8BNO5S. The number of ether oxygens (including phenoxy) is 1. The Bertz CT molecular complexity index is 848. The maximum absolute atomic E-state index is 11.9. The van der Waals surface area contributed by atoms with Crippen molar-refractivity contribution >= 4 is 47.2 Å². The summed E-state index contributed by atoms with van der Waals surface area (Å²) in [6.45, 7) is 1.60. The van der Waals surface area contributed by atoms with Gasteiger partial charge in [0.05, 0.1) is 34.3 Å². The molecule has 21 heavy (non-hydrogen) atoms. The first-order chi connectivity index (χ1) is 9.93. The lowest BCUT2D eigenvalue weighted by molar-refractivity contribution is 0.0444. The lowest BCUT2D eigenvalue weighted by atomic mass is 9.90. The van der Waals surface area contributed by atoms with Gasteiger partial charge in [0.2, 0.25) is 0 Å². The van der Waals surface area contributed by atoms with Gasteiger partial charge in [-0.15, -0.1) is 0 Å². The van der Waals surface area contributed by atoms with Gasteiger partial charge in [-0.25, -0.2) is 13.8 Å². The second-order valence-electron chi connectivity index (χ2n) is 4.43. The molecule has 1 atom stereocenters. The lowest BCUT2D eigenvalue weighted by Crippen LogP contribution is -2.12. The quantitative estimate of drug-likeness (QED) is 0.451. The van der Waals surface area contributed by atoms with E-state index in [0.29, 0.717) is 16.6 Å². The van der Waals surface area contributed by atoms with Crippen molar-refractivity contribution in [2.45, 2.75) is 11.8 Å². The molecule has 0 aliphatic carbocycles. The molecule has 1 aliphatic heterocycles. The van der Waals surface area contributed by atoms with Gasteiger partial charge in [0, 0.05) is 5.39 Å². The van der Waals surface area contributed by atoms with Crippen LogP contribution in [0.4, 0.5) is 0 Å². The van der Waals surface area contributed by atoms with E-state index in [-0.39, 0.29) is 21.5 Å². The highest BCUT2D eigenvalue weighted by atomic mass is 32.2. The van der Waals surface area contributed by atoms with Crippen LogP contribution in [0.1, 0.15) is 26.4 Å². The zero-order valence-corrected chi connectivity index (χ0v) is 11.9. The minimum Gasteiger partial charge on any atom is -0.386 e. The van der Waals surface area contributed by atoms with Crippen molar-refractivity contribution in [3.05, 3.63) is 29.0 Å². The van der Waals surface area contributed by atoms with Crippen molar-refractivity contribution in [3.63, 3.8) is 0 Å². The molecule has 2 radical (unpaired) electrons. The van der Waals surface area contributed by atoms with Crippen LogP contribution < -0.4 is 5.46 Å². The van der Waals surface area contributed by atoms with Crippen LogP contribution in [-0.2, 0) is 20.0 Å². The van der Waals surface area contributed by atoms with Crippen LogP contribution in [0.2, 0.25) is 0 Å². The third kappa shape index (κ3) is 1.98. The Labute approximate surface area is 123 Å². The Morgan fingerprint density at radius 3 is 2.57 bits per heavy atom. The minimum atomic E-state index is -1.72. The first kappa shape index (κ1) is 13.9. The maximum atomic E-state index is 11.9. The number of aryl methyl sites for hydroxylation is 1. The summed E-state index contributed by atoms with van der Waals surface area (Å²) in [5, 5.41) is 0.326. The molecule has 1 aliphatic rings. The highest BCUT2D eigenvalue weighted by molar-refractivity contribution is 7.80. The molecule has 8 heteroatoms. The molecule has 2 heterocycles. The van der Waals surface area contributed by atoms with Crippen molar-refractivity contribution in [3.8, 4) is 0 Å². The molecule has 0 fully saturated rings. The fraction of sp³-hybridized carbons (Fsp3) is 0.154. The maximum Gasteiger partial charge on any atom is 0.348 e. The number of nitrogens with zero attached hydrogens (tertiary/aromatic N) is 1. The van der Waals surface area contributed by atoms with Crippen molar-refractivity contribution in [2.24, 2.45) is 0 Å². The van der Waals surface area contributed by atoms with Crippen LogP contribution in [0.3, 0.4) is 0 Å². The molecule has 1 aromatic carbocycles. The van der Waals surface area contributed by atoms with Gasteiger partial charge in [0.1, 0.15) is 7.85 Å². The second kappa shape index (κ2) is 4.75. The van der Waals surface area contributed by atoms with E-state index in [2.05, 4.69) is 9.72 Å². The molecule has 1 aromatic heterocycles. The lowest BCUT2D eigenvalue weighted by Gasteiger charge is -2.09. The molecule has 104 valence electrons. The predicted octanol–water partition coefficient (Wildman–Crippen LogP) is 0.317. The molecule has 0 spiro atoms. The first-order valence-corrected chi connectivity index (χ1v) is 6.98. The number of hydrogen-bond acceptors (Lipinski definition) is 6. The zero-order valence-electron chi connectivity index (χ0n) is 11.1. The number of carbonyl (C=O) groups excluding carboxylic acids is 2. The van der Waals surface area contributed by atoms with Gasteiger partial charge in [-0.3, -0.25) is 9.17 Å². The number of rotatable bonds is 2. The van der Waals surface area contributed by atoms with E-state index in [9.17, 15) is 13.8 Å². The minimum absolute atomic E-state index is 0.101. The Morgan fingerprint density at radius 2 is 1.90 bits per heavy atom. The summed E-state index contributed by atoms with van der Waals surface area (Å²) in [6, 6.07) is 2.93. The molecule has 0 N–H and O–H groups in total. The molecule has 0 saturated heterocycles. The SMILES string of the molecule is [B]c1cc(S(=O)OC)cc2c3c(c(C)nc12)C(=O)OC3=O. The number of pyridine rings is 1. The van der Waals surface area contributed by atoms with Crippen LogP contribution in [0.5, 0.6) is 0 Å². The number of benzene rings is 1. The topological polar surface area (TPSA) is 82.6 Å². The van der Waals surface area contributed by atoms with E-state index in [1.54, 1.807) is 6.92 Å². The smallest absolute Gasteiger partial charge is 0.348 e. The van der Waals surface area contributed by atoms with E-state index in [1.165, 1.54) is 19.2 Å². The van der Waals surface area contributed by atoms with Crippen molar-refractivity contribution in [1.82, 2.24) is 4.98 Å². The molecular weight excluding hydrogens is 293 g/mol. The summed E-state index contributed by atoms with van der Waals surface area (Å²) in [5.74, 6) is -1.50. The van der Waals surface area contributed by atoms with E-state index in [1.807, 2.05) is 0 Å². The first-order valence-electron chi connectivity index (χ1n) is 5.90. The fourth-order valence-corrected chi connectivity index (χ4v) is 2.95. The van der Waals surface area contributed by atoms with Crippen LogP contribution in [-0.4, -0.2) is 36.1 Å². The zero-order chi connectivity index (χ0) is 15.3. The van der Waals surface area contributed by atoms with Gasteiger partial charge in [-0.1, -0.05) is 5.46 Å². The number of fused-ring (bicyclic) bond motifs is 3. The van der Waals surface area contributed by atoms with Crippen LogP contribution in [0.15, 0.2) is 17.0 Å². The van der Waals surface area contributed by atoms with E-state index in [0.717, 1.165) is 0 Å². The average Bonchev–Trinajstić information content (AvgIpc) is 2.75. The highest BCUT2D eigenvalue weighted by Crippen LogP contribution is 2.30. The molecule has 6 nitrogen and oxygen atoms in total. The molecule has 2 aromatic rings. The second-order valence-corrected chi connectivity index (χ2v) is 5.71. The van der Waals surface area contributed by atoms with Crippen molar-refractivity contribution in [1.29, 1.82) is 0 Å². The third-order valence-corrected chi connectivity index (χ3v) is 4.13. The summed E-state index contributed by atoms with van der Waals surface area (Å²) in [4.78, 5) is 28.1. The van der Waals surface area contributed by atoms with Gasteiger partial charge in [-0.05, 0) is 19.1 Å². The van der Waals surface area contributed by atoms with Crippen molar-refractivity contribution < 1.29 is 22.7 Å². The summed E-state index contributed by atoms with van der Waals surface area (Å²) in [6.07, 6.45) is 0. The molecule has 3 rings (SSSR count). The fourth-order valence-electron chi connectivity index (χ4n) is 2.32. The number of aromatic nitrogens is 1.